The Labute approximate surface area is 256 Å². The maximum Gasteiger partial charge on any atom is 0.346 e. The number of fused-ring (bicyclic) bond motifs is 2. The molecule has 4 aliphatic heterocycles. The third-order valence-electron chi connectivity index (χ3n) is 9.16. The van der Waals surface area contributed by atoms with Gasteiger partial charge in [-0.15, -0.1) is 11.3 Å². The number of hydrogen-bond donors (Lipinski definition) is 1. The summed E-state index contributed by atoms with van der Waals surface area (Å²) in [5, 5.41) is 9.79. The van der Waals surface area contributed by atoms with E-state index in [2.05, 4.69) is 14.4 Å². The van der Waals surface area contributed by atoms with E-state index in [-0.39, 0.29) is 11.5 Å². The van der Waals surface area contributed by atoms with Crippen LogP contribution < -0.4 is 14.4 Å². The Morgan fingerprint density at radius 3 is 2.79 bits per heavy atom. The zero-order chi connectivity index (χ0) is 29.5. The first-order valence-corrected chi connectivity index (χ1v) is 15.7. The van der Waals surface area contributed by atoms with Crippen molar-refractivity contribution in [3.05, 3.63) is 69.6 Å². The quantitative estimate of drug-likeness (QED) is 0.279. The summed E-state index contributed by atoms with van der Waals surface area (Å²) in [6.45, 7) is 7.57. The van der Waals surface area contributed by atoms with Crippen molar-refractivity contribution >= 4 is 44.9 Å². The second kappa shape index (κ2) is 9.82. The van der Waals surface area contributed by atoms with Gasteiger partial charge in [0.15, 0.2) is 11.5 Å². The highest BCUT2D eigenvalue weighted by Gasteiger charge is 2.49. The van der Waals surface area contributed by atoms with Gasteiger partial charge in [-0.1, -0.05) is 17.7 Å². The molecule has 2 aromatic heterocycles. The fourth-order valence-corrected chi connectivity index (χ4v) is 8.02. The Kier molecular flexibility index (Phi) is 6.21. The normalized spacial score (nSPS) is 24.1. The fourth-order valence-electron chi connectivity index (χ4n) is 6.97. The minimum Gasteiger partial charge on any atom is -0.477 e. The van der Waals surface area contributed by atoms with Crippen molar-refractivity contribution in [2.45, 2.75) is 44.7 Å². The fraction of sp³-hybridized carbons (Fsp3) is 0.419. The van der Waals surface area contributed by atoms with E-state index in [1.165, 1.54) is 17.4 Å². The van der Waals surface area contributed by atoms with Gasteiger partial charge in [0.05, 0.1) is 36.0 Å². The van der Waals surface area contributed by atoms with E-state index in [4.69, 9.17) is 30.8 Å². The highest BCUT2D eigenvalue weighted by atomic mass is 35.5. The van der Waals surface area contributed by atoms with Crippen LogP contribution in [0.2, 0.25) is 5.02 Å². The van der Waals surface area contributed by atoms with Gasteiger partial charge >= 0.3 is 5.97 Å². The first-order chi connectivity index (χ1) is 20.7. The summed E-state index contributed by atoms with van der Waals surface area (Å²) >= 11 is 7.20. The Hall–Kier alpha value is -3.38. The van der Waals surface area contributed by atoms with Crippen LogP contribution in [-0.2, 0) is 23.6 Å². The number of thiophene rings is 1. The molecule has 6 heterocycles. The standard InChI is InChI=1S/C31H30ClFN4O5S/c1-30(20-6-5-18(32)11-21(20)33)41-24-4-2-3-22(27(24)42-30)36-9-8-31(17-36)15-35(16-31)14-26-34-28-23(12-25(43-28)29(38)39)37(26)13-19-7-10-40-19/h2-6,11-12,19H,7-10,13-17H2,1H3,(H,38,39). The maximum absolute atomic E-state index is 14.8. The lowest BCUT2D eigenvalue weighted by Crippen LogP contribution is -2.57. The topological polar surface area (TPSA) is 89.3 Å². The summed E-state index contributed by atoms with van der Waals surface area (Å²) < 4.78 is 35.2. The molecule has 12 heteroatoms. The van der Waals surface area contributed by atoms with Gasteiger partial charge in [0, 0.05) is 50.1 Å². The van der Waals surface area contributed by atoms with Crippen LogP contribution in [-0.4, -0.2) is 64.4 Å². The number of carbonyl (C=O) groups is 1. The van der Waals surface area contributed by atoms with Gasteiger partial charge in [0.2, 0.25) is 0 Å². The number of ether oxygens (including phenoxy) is 3. The molecule has 2 aromatic carbocycles. The summed E-state index contributed by atoms with van der Waals surface area (Å²) in [7, 11) is 0. The number of hydrogen-bond acceptors (Lipinski definition) is 8. The number of para-hydroxylation sites is 1. The van der Waals surface area contributed by atoms with Crippen LogP contribution in [0.5, 0.6) is 11.5 Å². The van der Waals surface area contributed by atoms with E-state index < -0.39 is 17.6 Å². The molecule has 43 heavy (non-hydrogen) atoms. The maximum atomic E-state index is 14.8. The van der Waals surface area contributed by atoms with E-state index in [0.717, 1.165) is 67.5 Å². The molecule has 3 saturated heterocycles. The number of aromatic carboxylic acids is 1. The predicted molar refractivity (Wildman–Crippen MR) is 160 cm³/mol. The SMILES string of the molecule is CC1(c2ccc(Cl)cc2F)Oc2cccc(N3CCC4(CN(Cc5nc6sc(C(=O)O)cc6n5CC5CCO5)C4)C3)c2O1. The van der Waals surface area contributed by atoms with Crippen molar-refractivity contribution in [2.75, 3.05) is 37.7 Å². The van der Waals surface area contributed by atoms with Crippen molar-refractivity contribution in [2.24, 2.45) is 5.41 Å². The molecule has 2 unspecified atom stereocenters. The highest BCUT2D eigenvalue weighted by molar-refractivity contribution is 7.20. The van der Waals surface area contributed by atoms with Crippen LogP contribution in [0.4, 0.5) is 10.1 Å². The number of imidazole rings is 1. The average Bonchev–Trinajstić information content (AvgIpc) is 3.67. The van der Waals surface area contributed by atoms with Crippen LogP contribution in [0.15, 0.2) is 42.5 Å². The van der Waals surface area contributed by atoms with E-state index in [1.807, 2.05) is 18.2 Å². The second-order valence-electron chi connectivity index (χ2n) is 12.2. The predicted octanol–water partition coefficient (Wildman–Crippen LogP) is 5.73. The third kappa shape index (κ3) is 4.56. The van der Waals surface area contributed by atoms with Crippen molar-refractivity contribution in [3.8, 4) is 11.5 Å². The number of benzene rings is 2. The lowest BCUT2D eigenvalue weighted by Gasteiger charge is -2.48. The molecule has 9 nitrogen and oxygen atoms in total. The van der Waals surface area contributed by atoms with Crippen LogP contribution >= 0.6 is 22.9 Å². The smallest absolute Gasteiger partial charge is 0.346 e. The number of likely N-dealkylation sites (tertiary alicyclic amines) is 1. The first-order valence-electron chi connectivity index (χ1n) is 14.5. The molecule has 1 N–H and O–H groups in total. The summed E-state index contributed by atoms with van der Waals surface area (Å²) in [4.78, 5) is 22.2. The van der Waals surface area contributed by atoms with E-state index in [1.54, 1.807) is 25.1 Å². The molecule has 0 amide bonds. The van der Waals surface area contributed by atoms with Crippen molar-refractivity contribution < 1.29 is 28.5 Å². The molecule has 0 radical (unpaired) electrons. The van der Waals surface area contributed by atoms with Crippen LogP contribution in [0, 0.1) is 11.2 Å². The number of anilines is 1. The highest BCUT2D eigenvalue weighted by Crippen LogP contribution is 2.52. The second-order valence-corrected chi connectivity index (χ2v) is 13.7. The van der Waals surface area contributed by atoms with Gasteiger partial charge in [-0.2, -0.15) is 0 Å². The average molecular weight is 625 g/mol. The zero-order valence-electron chi connectivity index (χ0n) is 23.5. The molecule has 1 spiro atoms. The lowest BCUT2D eigenvalue weighted by atomic mass is 9.79. The minimum absolute atomic E-state index is 0.146. The largest absolute Gasteiger partial charge is 0.477 e. The lowest BCUT2D eigenvalue weighted by molar-refractivity contribution is -0.0705. The van der Waals surface area contributed by atoms with Gasteiger partial charge in [0.1, 0.15) is 21.3 Å². The molecule has 224 valence electrons. The number of halogens is 2. The van der Waals surface area contributed by atoms with Crippen molar-refractivity contribution in [1.82, 2.24) is 14.5 Å². The van der Waals surface area contributed by atoms with Crippen molar-refractivity contribution in [1.29, 1.82) is 0 Å². The molecular weight excluding hydrogens is 595 g/mol. The Morgan fingerprint density at radius 2 is 2.05 bits per heavy atom. The number of aromatic nitrogens is 2. The molecule has 8 rings (SSSR count). The Balaban J connectivity index is 0.969. The molecule has 4 aliphatic rings. The van der Waals surface area contributed by atoms with Gasteiger partial charge in [0.25, 0.3) is 5.79 Å². The molecular formula is C31H30ClFN4O5S. The monoisotopic (exact) mass is 624 g/mol. The number of rotatable bonds is 7. The summed E-state index contributed by atoms with van der Waals surface area (Å²) in [6, 6.07) is 12.1. The Bertz CT molecular complexity index is 1770. The number of carboxylic acid groups (broad SMARTS) is 1. The molecule has 0 bridgehead atoms. The van der Waals surface area contributed by atoms with Crippen LogP contribution in [0.25, 0.3) is 10.3 Å². The van der Waals surface area contributed by atoms with Crippen LogP contribution in [0.3, 0.4) is 0 Å². The third-order valence-corrected chi connectivity index (χ3v) is 10.4. The van der Waals surface area contributed by atoms with E-state index in [0.29, 0.717) is 40.1 Å². The van der Waals surface area contributed by atoms with Gasteiger partial charge in [-0.05, 0) is 49.2 Å². The summed E-state index contributed by atoms with van der Waals surface area (Å²) in [5.74, 6) is -0.495. The zero-order valence-corrected chi connectivity index (χ0v) is 25.1. The van der Waals surface area contributed by atoms with Crippen molar-refractivity contribution in [3.63, 3.8) is 0 Å². The molecule has 4 aromatic rings. The van der Waals surface area contributed by atoms with Gasteiger partial charge < -0.3 is 28.8 Å². The van der Waals surface area contributed by atoms with E-state index in [9.17, 15) is 14.3 Å². The van der Waals surface area contributed by atoms with Gasteiger partial charge in [-0.3, -0.25) is 4.90 Å². The summed E-state index contributed by atoms with van der Waals surface area (Å²) in [5.41, 5.74) is 2.29. The van der Waals surface area contributed by atoms with E-state index >= 15 is 0 Å². The molecule has 2 atom stereocenters. The Morgan fingerprint density at radius 1 is 1.21 bits per heavy atom. The molecule has 0 saturated carbocycles. The summed E-state index contributed by atoms with van der Waals surface area (Å²) in [6.07, 6.45) is 2.20. The molecule has 3 fully saturated rings. The first kappa shape index (κ1) is 27.2. The number of nitrogens with zero attached hydrogens (tertiary/aromatic N) is 4. The van der Waals surface area contributed by atoms with Gasteiger partial charge in [-0.25, -0.2) is 14.2 Å². The minimum atomic E-state index is -1.29. The molecule has 0 aliphatic carbocycles. The number of carboxylic acids is 1. The van der Waals surface area contributed by atoms with Crippen LogP contribution in [0.1, 0.15) is 40.8 Å².